The number of ether oxygens (including phenoxy) is 1. The maximum Gasteiger partial charge on any atom is 0.408 e. The number of benzene rings is 1. The highest BCUT2D eigenvalue weighted by atomic mass is 16.6. The fraction of sp³-hybridized carbons (Fsp3) is 0.471. The van der Waals surface area contributed by atoms with Crippen LogP contribution in [0.2, 0.25) is 0 Å². The number of rotatable bonds is 8. The van der Waals surface area contributed by atoms with Gasteiger partial charge in [-0.05, 0) is 39.2 Å². The van der Waals surface area contributed by atoms with Gasteiger partial charge in [0.25, 0.3) is 5.69 Å². The molecule has 1 amide bonds. The van der Waals surface area contributed by atoms with E-state index >= 15 is 0 Å². The molecular weight excluding hydrogens is 360 g/mol. The van der Waals surface area contributed by atoms with Crippen LogP contribution in [0, 0.1) is 16.0 Å². The minimum absolute atomic E-state index is 0.0485. The Morgan fingerprint density at radius 3 is 2.11 bits per heavy atom. The number of alkyl carbamates (subject to hydrolysis) is 1. The summed E-state index contributed by atoms with van der Waals surface area (Å²) in [4.78, 5) is 44.8. The highest BCUT2D eigenvalue weighted by Gasteiger charge is 2.30. The molecule has 1 aromatic carbocycles. The number of carboxylic acid groups (broad SMARTS) is 2. The molecule has 10 heteroatoms. The number of hydrogen-bond acceptors (Lipinski definition) is 6. The molecule has 0 bridgehead atoms. The zero-order chi connectivity index (χ0) is 20.8. The number of amides is 1. The Balaban J connectivity index is 2.85. The lowest BCUT2D eigenvalue weighted by Crippen LogP contribution is -2.45. The standard InChI is InChI=1S/C17H22N2O8/c1-17(2,3)27-16(24)18-13(15(22)23)9-11(14(20)21)8-10-4-6-12(7-5-10)19(25)26/h4-7,11,13H,8-9H2,1-3H3,(H,18,24)(H,20,21)(H,22,23)/t11-,13-/m0/s1. The largest absolute Gasteiger partial charge is 0.481 e. The van der Waals surface area contributed by atoms with Crippen LogP contribution in [0.3, 0.4) is 0 Å². The molecular formula is C17H22N2O8. The minimum Gasteiger partial charge on any atom is -0.481 e. The summed E-state index contributed by atoms with van der Waals surface area (Å²) < 4.78 is 4.99. The Morgan fingerprint density at radius 1 is 1.15 bits per heavy atom. The molecule has 10 nitrogen and oxygen atoms in total. The number of aliphatic carboxylic acids is 2. The summed E-state index contributed by atoms with van der Waals surface area (Å²) in [6.45, 7) is 4.82. The molecule has 0 radical (unpaired) electrons. The van der Waals surface area contributed by atoms with Gasteiger partial charge in [0.2, 0.25) is 0 Å². The Kier molecular flexibility index (Phi) is 7.26. The lowest BCUT2D eigenvalue weighted by molar-refractivity contribution is -0.384. The lowest BCUT2D eigenvalue weighted by Gasteiger charge is -2.23. The molecule has 0 heterocycles. The summed E-state index contributed by atoms with van der Waals surface area (Å²) in [6, 6.07) is 3.83. The number of non-ortho nitro benzene ring substituents is 1. The van der Waals surface area contributed by atoms with Crippen LogP contribution in [0.25, 0.3) is 0 Å². The Hall–Kier alpha value is -3.17. The van der Waals surface area contributed by atoms with Crippen molar-refractivity contribution in [1.29, 1.82) is 0 Å². The predicted molar refractivity (Wildman–Crippen MR) is 93.3 cm³/mol. The second kappa shape index (κ2) is 8.97. The van der Waals surface area contributed by atoms with Gasteiger partial charge in [-0.15, -0.1) is 0 Å². The minimum atomic E-state index is -1.46. The van der Waals surface area contributed by atoms with Gasteiger partial charge in [-0.2, -0.15) is 0 Å². The van der Waals surface area contributed by atoms with Crippen LogP contribution in [-0.4, -0.2) is 44.8 Å². The van der Waals surface area contributed by atoms with Gasteiger partial charge in [0.15, 0.2) is 0 Å². The van der Waals surface area contributed by atoms with E-state index in [9.17, 15) is 34.7 Å². The van der Waals surface area contributed by atoms with E-state index in [0.29, 0.717) is 5.56 Å². The van der Waals surface area contributed by atoms with Crippen molar-refractivity contribution in [3.63, 3.8) is 0 Å². The Labute approximate surface area is 155 Å². The highest BCUT2D eigenvalue weighted by molar-refractivity contribution is 5.81. The fourth-order valence-corrected chi connectivity index (χ4v) is 2.27. The topological polar surface area (TPSA) is 156 Å². The van der Waals surface area contributed by atoms with Gasteiger partial charge < -0.3 is 20.3 Å². The number of nitrogens with zero attached hydrogens (tertiary/aromatic N) is 1. The van der Waals surface area contributed by atoms with Crippen LogP contribution >= 0.6 is 0 Å². The first-order chi connectivity index (χ1) is 12.4. The van der Waals surface area contributed by atoms with Crippen LogP contribution in [0.4, 0.5) is 10.5 Å². The van der Waals surface area contributed by atoms with Crippen LogP contribution in [0.1, 0.15) is 32.8 Å². The molecule has 3 N–H and O–H groups in total. The molecule has 0 spiro atoms. The van der Waals surface area contributed by atoms with Crippen LogP contribution in [0.15, 0.2) is 24.3 Å². The Morgan fingerprint density at radius 2 is 1.70 bits per heavy atom. The molecule has 0 aliphatic rings. The molecule has 0 aliphatic carbocycles. The first-order valence-electron chi connectivity index (χ1n) is 8.07. The van der Waals surface area contributed by atoms with E-state index in [1.807, 2.05) is 0 Å². The van der Waals surface area contributed by atoms with E-state index in [-0.39, 0.29) is 18.5 Å². The average Bonchev–Trinajstić information content (AvgIpc) is 2.51. The van der Waals surface area contributed by atoms with E-state index in [4.69, 9.17) is 4.74 Å². The zero-order valence-electron chi connectivity index (χ0n) is 15.2. The second-order valence-corrected chi connectivity index (χ2v) is 6.94. The van der Waals surface area contributed by atoms with Crippen LogP contribution in [0.5, 0.6) is 0 Å². The van der Waals surface area contributed by atoms with Crippen molar-refractivity contribution in [3.8, 4) is 0 Å². The summed E-state index contributed by atoms with van der Waals surface area (Å²) in [5.41, 5.74) is -0.479. The van der Waals surface area contributed by atoms with Gasteiger partial charge in [0.1, 0.15) is 11.6 Å². The van der Waals surface area contributed by atoms with Gasteiger partial charge >= 0.3 is 18.0 Å². The monoisotopic (exact) mass is 382 g/mol. The van der Waals surface area contributed by atoms with Crippen molar-refractivity contribution >= 4 is 23.7 Å². The van der Waals surface area contributed by atoms with Gasteiger partial charge in [-0.3, -0.25) is 14.9 Å². The third kappa shape index (κ3) is 7.72. The predicted octanol–water partition coefficient (Wildman–Crippen LogP) is 2.21. The molecule has 27 heavy (non-hydrogen) atoms. The number of carbonyl (C=O) groups excluding carboxylic acids is 1. The maximum atomic E-state index is 11.8. The van der Waals surface area contributed by atoms with Crippen LogP contribution < -0.4 is 5.32 Å². The average molecular weight is 382 g/mol. The number of nitro benzene ring substituents is 1. The molecule has 0 fully saturated rings. The Bertz CT molecular complexity index is 709. The number of carbonyl (C=O) groups is 3. The smallest absolute Gasteiger partial charge is 0.408 e. The summed E-state index contributed by atoms with van der Waals surface area (Å²) >= 11 is 0. The third-order valence-electron chi connectivity index (χ3n) is 3.49. The molecule has 0 aliphatic heterocycles. The number of nitrogens with one attached hydrogen (secondary N) is 1. The summed E-state index contributed by atoms with van der Waals surface area (Å²) in [5.74, 6) is -3.76. The molecule has 0 saturated heterocycles. The number of hydrogen-bond donors (Lipinski definition) is 3. The van der Waals surface area contributed by atoms with Crippen molar-refractivity contribution in [1.82, 2.24) is 5.32 Å². The van der Waals surface area contributed by atoms with Crippen molar-refractivity contribution in [2.75, 3.05) is 0 Å². The van der Waals surface area contributed by atoms with Crippen molar-refractivity contribution < 1.29 is 34.3 Å². The SMILES string of the molecule is CC(C)(C)OC(=O)N[C@@H](C[C@H](Cc1ccc([N+](=O)[O-])cc1)C(=O)O)C(=O)O. The zero-order valence-corrected chi connectivity index (χ0v) is 15.2. The van der Waals surface area contributed by atoms with E-state index in [1.54, 1.807) is 20.8 Å². The van der Waals surface area contributed by atoms with Crippen molar-refractivity contribution in [2.24, 2.45) is 5.92 Å². The van der Waals surface area contributed by atoms with Gasteiger partial charge in [-0.25, -0.2) is 9.59 Å². The molecule has 0 saturated carbocycles. The highest BCUT2D eigenvalue weighted by Crippen LogP contribution is 2.19. The normalized spacial score (nSPS) is 13.3. The number of carboxylic acids is 2. The quantitative estimate of drug-likeness (QED) is 0.456. The first-order valence-corrected chi connectivity index (χ1v) is 8.07. The van der Waals surface area contributed by atoms with Crippen molar-refractivity contribution in [2.45, 2.75) is 45.3 Å². The van der Waals surface area contributed by atoms with E-state index in [2.05, 4.69) is 5.32 Å². The molecule has 2 atom stereocenters. The molecule has 1 rings (SSSR count). The fourth-order valence-electron chi connectivity index (χ4n) is 2.27. The first kappa shape index (κ1) is 21.9. The van der Waals surface area contributed by atoms with Crippen molar-refractivity contribution in [3.05, 3.63) is 39.9 Å². The van der Waals surface area contributed by atoms with Gasteiger partial charge in [-0.1, -0.05) is 12.1 Å². The van der Waals surface area contributed by atoms with E-state index < -0.39 is 40.5 Å². The summed E-state index contributed by atoms with van der Waals surface area (Å²) in [7, 11) is 0. The number of nitro groups is 1. The molecule has 0 unspecified atom stereocenters. The second-order valence-electron chi connectivity index (χ2n) is 6.94. The van der Waals surface area contributed by atoms with Crippen LogP contribution in [-0.2, 0) is 20.7 Å². The maximum absolute atomic E-state index is 11.8. The molecule has 1 aromatic rings. The van der Waals surface area contributed by atoms with E-state index in [1.165, 1.54) is 24.3 Å². The third-order valence-corrected chi connectivity index (χ3v) is 3.49. The lowest BCUT2D eigenvalue weighted by atomic mass is 9.92. The van der Waals surface area contributed by atoms with Gasteiger partial charge in [0.05, 0.1) is 10.8 Å². The summed E-state index contributed by atoms with van der Waals surface area (Å²) in [6.07, 6.45) is -1.39. The molecule has 0 aromatic heterocycles. The van der Waals surface area contributed by atoms with E-state index in [0.717, 1.165) is 0 Å². The van der Waals surface area contributed by atoms with Gasteiger partial charge in [0, 0.05) is 12.1 Å². The molecule has 148 valence electrons. The summed E-state index contributed by atoms with van der Waals surface area (Å²) in [5, 5.41) is 31.5.